The number of likely N-dealkylation sites (tertiary alicyclic amines) is 1. The molecule has 5 nitrogen and oxygen atoms in total. The molecule has 2 aliphatic heterocycles. The lowest BCUT2D eigenvalue weighted by atomic mass is 10.0. The van der Waals surface area contributed by atoms with Gasteiger partial charge in [-0.05, 0) is 80.3 Å². The second-order valence-electron chi connectivity index (χ2n) is 10.2. The van der Waals surface area contributed by atoms with E-state index in [2.05, 4.69) is 42.3 Å². The molecular formula is C32H35N3O2S. The molecule has 38 heavy (non-hydrogen) atoms. The van der Waals surface area contributed by atoms with Gasteiger partial charge in [0.25, 0.3) is 11.8 Å². The van der Waals surface area contributed by atoms with Gasteiger partial charge < -0.3 is 10.2 Å². The molecule has 0 saturated carbocycles. The van der Waals surface area contributed by atoms with E-state index >= 15 is 0 Å². The molecule has 2 amide bonds. The van der Waals surface area contributed by atoms with Crippen molar-refractivity contribution in [1.82, 2.24) is 10.2 Å². The number of nitrogens with one attached hydrogen (secondary N) is 1. The summed E-state index contributed by atoms with van der Waals surface area (Å²) in [6, 6.07) is 24.3. The van der Waals surface area contributed by atoms with Gasteiger partial charge in [-0.15, -0.1) is 0 Å². The minimum absolute atomic E-state index is 0.00860. The Kier molecular flexibility index (Phi) is 8.30. The number of hydrogen-bond acceptors (Lipinski definition) is 4. The molecule has 2 heterocycles. The second-order valence-corrected chi connectivity index (χ2v) is 11.2. The fourth-order valence-corrected chi connectivity index (χ4v) is 6.22. The summed E-state index contributed by atoms with van der Waals surface area (Å²) in [5.41, 5.74) is 4.77. The lowest BCUT2D eigenvalue weighted by Gasteiger charge is -2.33. The first kappa shape index (κ1) is 26.3. The van der Waals surface area contributed by atoms with E-state index in [1.165, 1.54) is 36.6 Å². The lowest BCUT2D eigenvalue weighted by molar-refractivity contribution is -0.114. The van der Waals surface area contributed by atoms with Gasteiger partial charge in [0, 0.05) is 29.6 Å². The van der Waals surface area contributed by atoms with Crippen LogP contribution < -0.4 is 10.2 Å². The van der Waals surface area contributed by atoms with Crippen LogP contribution in [0.15, 0.2) is 82.6 Å². The summed E-state index contributed by atoms with van der Waals surface area (Å²) in [4.78, 5) is 32.4. The quantitative estimate of drug-likeness (QED) is 0.369. The molecule has 0 spiro atoms. The number of aryl methyl sites for hydroxylation is 1. The van der Waals surface area contributed by atoms with Gasteiger partial charge in [-0.3, -0.25) is 14.5 Å². The molecule has 3 aromatic rings. The molecule has 0 radical (unpaired) electrons. The zero-order chi connectivity index (χ0) is 26.5. The maximum Gasteiger partial charge on any atom is 0.265 e. The third-order valence-electron chi connectivity index (χ3n) is 7.52. The zero-order valence-corrected chi connectivity index (χ0v) is 23.0. The Morgan fingerprint density at radius 3 is 2.58 bits per heavy atom. The molecule has 3 aromatic carbocycles. The number of benzene rings is 3. The molecule has 1 fully saturated rings. The number of piperidine rings is 1. The van der Waals surface area contributed by atoms with Crippen molar-refractivity contribution < 1.29 is 9.59 Å². The summed E-state index contributed by atoms with van der Waals surface area (Å²) >= 11 is 1.50. The number of fused-ring (bicyclic) bond motifs is 1. The lowest BCUT2D eigenvalue weighted by Crippen LogP contribution is -2.42. The number of para-hydroxylation sites is 1. The summed E-state index contributed by atoms with van der Waals surface area (Å²) < 4.78 is 0. The van der Waals surface area contributed by atoms with Crippen molar-refractivity contribution in [1.29, 1.82) is 0 Å². The standard InChI is InChI=1S/C32H35N3O2S/c1-23-9-3-4-11-27(23)22-35-28-12-5-6-13-29(28)38-30(32(35)37)21-25-14-16-26(17-15-25)31(36)33-18-20-34-19-8-7-10-24(34)2/h3-6,9,11-17,21,24H,7-8,10,18-20,22H2,1-2H3,(H,33,36)/b30-21+/t24-/m1/s1. The van der Waals surface area contributed by atoms with Crippen molar-refractivity contribution in [2.45, 2.75) is 50.6 Å². The Labute approximate surface area is 229 Å². The van der Waals surface area contributed by atoms with Crippen molar-refractivity contribution in [2.75, 3.05) is 24.5 Å². The number of anilines is 1. The molecule has 6 heteroatoms. The third kappa shape index (κ3) is 6.03. The van der Waals surface area contributed by atoms with Gasteiger partial charge in [-0.25, -0.2) is 0 Å². The Balaban J connectivity index is 1.27. The summed E-state index contributed by atoms with van der Waals surface area (Å²) in [6.45, 7) is 7.52. The van der Waals surface area contributed by atoms with E-state index in [0.717, 1.165) is 34.8 Å². The van der Waals surface area contributed by atoms with Crippen LogP contribution in [0.5, 0.6) is 0 Å². The molecule has 2 aliphatic rings. The van der Waals surface area contributed by atoms with E-state index in [4.69, 9.17) is 0 Å². The van der Waals surface area contributed by atoms with E-state index in [9.17, 15) is 9.59 Å². The highest BCUT2D eigenvalue weighted by Crippen LogP contribution is 2.42. The van der Waals surface area contributed by atoms with Crippen molar-refractivity contribution in [3.63, 3.8) is 0 Å². The maximum atomic E-state index is 13.6. The number of nitrogens with zero attached hydrogens (tertiary/aromatic N) is 2. The van der Waals surface area contributed by atoms with Gasteiger partial charge in [0.15, 0.2) is 0 Å². The first-order chi connectivity index (χ1) is 18.5. The SMILES string of the molecule is Cc1ccccc1CN1C(=O)/C(=C\c2ccc(C(=O)NCCN3CCCC[C@H]3C)cc2)Sc2ccccc21. The van der Waals surface area contributed by atoms with Gasteiger partial charge in [0.2, 0.25) is 0 Å². The normalized spacial score (nSPS) is 18.9. The Hall–Kier alpha value is -3.35. The summed E-state index contributed by atoms with van der Waals surface area (Å²) in [7, 11) is 0. The van der Waals surface area contributed by atoms with Crippen molar-refractivity contribution in [2.24, 2.45) is 0 Å². The van der Waals surface area contributed by atoms with Crippen LogP contribution in [0.3, 0.4) is 0 Å². The van der Waals surface area contributed by atoms with E-state index in [1.807, 2.05) is 65.6 Å². The van der Waals surface area contributed by atoms with Crippen LogP contribution in [-0.2, 0) is 11.3 Å². The summed E-state index contributed by atoms with van der Waals surface area (Å²) in [5, 5.41) is 3.06. The first-order valence-corrected chi connectivity index (χ1v) is 14.3. The molecule has 5 rings (SSSR count). The molecule has 1 atom stereocenters. The number of thioether (sulfide) groups is 1. The Morgan fingerprint density at radius 1 is 1.03 bits per heavy atom. The molecule has 0 bridgehead atoms. The van der Waals surface area contributed by atoms with Crippen LogP contribution in [-0.4, -0.2) is 42.4 Å². The number of hydrogen-bond donors (Lipinski definition) is 1. The minimum atomic E-state index is -0.0599. The van der Waals surface area contributed by atoms with Crippen LogP contribution in [0.2, 0.25) is 0 Å². The summed E-state index contributed by atoms with van der Waals surface area (Å²) in [6.07, 6.45) is 5.70. The van der Waals surface area contributed by atoms with Crippen molar-refractivity contribution in [3.8, 4) is 0 Å². The van der Waals surface area contributed by atoms with E-state index < -0.39 is 0 Å². The highest BCUT2D eigenvalue weighted by molar-refractivity contribution is 8.04. The number of carbonyl (C=O) groups excluding carboxylic acids is 2. The van der Waals surface area contributed by atoms with Crippen molar-refractivity contribution >= 4 is 35.3 Å². The van der Waals surface area contributed by atoms with Gasteiger partial charge in [-0.2, -0.15) is 0 Å². The predicted octanol–water partition coefficient (Wildman–Crippen LogP) is 6.28. The topological polar surface area (TPSA) is 52.7 Å². The number of amides is 2. The van der Waals surface area contributed by atoms with E-state index in [1.54, 1.807) is 0 Å². The molecule has 0 aromatic heterocycles. The van der Waals surface area contributed by atoms with E-state index in [0.29, 0.717) is 29.6 Å². The zero-order valence-electron chi connectivity index (χ0n) is 22.2. The summed E-state index contributed by atoms with van der Waals surface area (Å²) in [5.74, 6) is -0.0685. The van der Waals surface area contributed by atoms with Crippen LogP contribution in [0.25, 0.3) is 6.08 Å². The van der Waals surface area contributed by atoms with Crippen LogP contribution in [0.1, 0.15) is 53.2 Å². The number of carbonyl (C=O) groups is 2. The fraction of sp³-hybridized carbons (Fsp3) is 0.312. The third-order valence-corrected chi connectivity index (χ3v) is 8.59. The van der Waals surface area contributed by atoms with Gasteiger partial charge in [0.05, 0.1) is 17.1 Å². The monoisotopic (exact) mass is 525 g/mol. The average molecular weight is 526 g/mol. The highest BCUT2D eigenvalue weighted by atomic mass is 32.2. The fourth-order valence-electron chi connectivity index (χ4n) is 5.16. The predicted molar refractivity (Wildman–Crippen MR) is 156 cm³/mol. The average Bonchev–Trinajstić information content (AvgIpc) is 2.93. The van der Waals surface area contributed by atoms with Gasteiger partial charge in [0.1, 0.15) is 0 Å². The largest absolute Gasteiger partial charge is 0.351 e. The van der Waals surface area contributed by atoms with Crippen LogP contribution in [0.4, 0.5) is 5.69 Å². The first-order valence-electron chi connectivity index (χ1n) is 13.5. The minimum Gasteiger partial charge on any atom is -0.351 e. The van der Waals surface area contributed by atoms with Gasteiger partial charge in [-0.1, -0.05) is 66.7 Å². The smallest absolute Gasteiger partial charge is 0.265 e. The molecule has 1 saturated heterocycles. The highest BCUT2D eigenvalue weighted by Gasteiger charge is 2.29. The Bertz CT molecular complexity index is 1330. The molecule has 0 aliphatic carbocycles. The van der Waals surface area contributed by atoms with Crippen molar-refractivity contribution in [3.05, 3.63) is 100.0 Å². The Morgan fingerprint density at radius 2 is 1.79 bits per heavy atom. The molecule has 1 N–H and O–H groups in total. The molecule has 196 valence electrons. The second kappa shape index (κ2) is 12.0. The van der Waals surface area contributed by atoms with Gasteiger partial charge >= 0.3 is 0 Å². The molecule has 0 unspecified atom stereocenters. The number of rotatable bonds is 7. The molecular weight excluding hydrogens is 490 g/mol. The van der Waals surface area contributed by atoms with Crippen LogP contribution >= 0.6 is 11.8 Å². The van der Waals surface area contributed by atoms with Crippen LogP contribution in [0, 0.1) is 6.92 Å². The maximum absolute atomic E-state index is 13.6. The van der Waals surface area contributed by atoms with E-state index in [-0.39, 0.29) is 11.8 Å².